The number of hydrogen-bond donors (Lipinski definition) is 1. The molecule has 1 nitrogen and oxygen atoms in total. The van der Waals surface area contributed by atoms with E-state index in [0.717, 1.165) is 25.3 Å². The Morgan fingerprint density at radius 2 is 1.72 bits per heavy atom. The molecule has 1 aliphatic rings. The van der Waals surface area contributed by atoms with Gasteiger partial charge in [-0.3, -0.25) is 0 Å². The van der Waals surface area contributed by atoms with Crippen molar-refractivity contribution in [3.63, 3.8) is 0 Å². The summed E-state index contributed by atoms with van der Waals surface area (Å²) in [5.41, 5.74) is 4.62. The summed E-state index contributed by atoms with van der Waals surface area (Å²) in [7, 11) is 0. The van der Waals surface area contributed by atoms with Crippen LogP contribution in [-0.2, 0) is 11.7 Å². The molecule has 0 aliphatic heterocycles. The summed E-state index contributed by atoms with van der Waals surface area (Å²) in [6, 6.07) is 3.86. The van der Waals surface area contributed by atoms with Gasteiger partial charge < -0.3 is 5.73 Å². The number of nitrogens with two attached hydrogens (primary N) is 1. The van der Waals surface area contributed by atoms with E-state index in [2.05, 4.69) is 0 Å². The number of hydrogen-bond acceptors (Lipinski definition) is 1. The van der Waals surface area contributed by atoms with Crippen molar-refractivity contribution in [1.82, 2.24) is 0 Å². The predicted molar refractivity (Wildman–Crippen MR) is 65.4 cm³/mol. The van der Waals surface area contributed by atoms with Crippen LogP contribution < -0.4 is 5.73 Å². The summed E-state index contributed by atoms with van der Waals surface area (Å²) in [4.78, 5) is 0. The summed E-state index contributed by atoms with van der Waals surface area (Å²) in [6.07, 6.45) is -0.591. The van der Waals surface area contributed by atoms with E-state index >= 15 is 0 Å². The van der Waals surface area contributed by atoms with E-state index in [9.17, 15) is 13.2 Å². The fraction of sp³-hybridized carbons (Fsp3) is 0.538. The van der Waals surface area contributed by atoms with Gasteiger partial charge >= 0.3 is 6.18 Å². The average molecular weight is 278 g/mol. The zero-order valence-electron chi connectivity index (χ0n) is 9.86. The van der Waals surface area contributed by atoms with Crippen LogP contribution in [0, 0.1) is 0 Å². The SMILES string of the molecule is NC1(c2c(Cl)cccc2C(F)(F)F)CCCCC1. The molecule has 1 aromatic rings. The number of halogens is 4. The second-order valence-electron chi connectivity index (χ2n) is 4.88. The van der Waals surface area contributed by atoms with Crippen molar-refractivity contribution < 1.29 is 13.2 Å². The first-order valence-corrected chi connectivity index (χ1v) is 6.37. The van der Waals surface area contributed by atoms with Gasteiger partial charge in [-0.1, -0.05) is 36.9 Å². The summed E-state index contributed by atoms with van der Waals surface area (Å²) in [5, 5.41) is 0.120. The van der Waals surface area contributed by atoms with Crippen LogP contribution in [0.5, 0.6) is 0 Å². The van der Waals surface area contributed by atoms with Crippen LogP contribution in [0.25, 0.3) is 0 Å². The van der Waals surface area contributed by atoms with Crippen molar-refractivity contribution >= 4 is 11.6 Å². The summed E-state index contributed by atoms with van der Waals surface area (Å²) in [6.45, 7) is 0. The Labute approximate surface area is 109 Å². The first-order chi connectivity index (χ1) is 8.34. The van der Waals surface area contributed by atoms with Crippen LogP contribution in [0.15, 0.2) is 18.2 Å². The second-order valence-corrected chi connectivity index (χ2v) is 5.28. The van der Waals surface area contributed by atoms with Crippen LogP contribution in [0.4, 0.5) is 13.2 Å². The molecule has 0 radical (unpaired) electrons. The molecule has 0 amide bonds. The summed E-state index contributed by atoms with van der Waals surface area (Å²) in [5.74, 6) is 0. The molecule has 0 spiro atoms. The van der Waals surface area contributed by atoms with E-state index in [1.54, 1.807) is 0 Å². The van der Waals surface area contributed by atoms with Gasteiger partial charge in [-0.05, 0) is 25.0 Å². The van der Waals surface area contributed by atoms with E-state index in [-0.39, 0.29) is 10.6 Å². The van der Waals surface area contributed by atoms with Crippen molar-refractivity contribution in [1.29, 1.82) is 0 Å². The third kappa shape index (κ3) is 2.50. The minimum atomic E-state index is -4.41. The van der Waals surface area contributed by atoms with Crippen LogP contribution >= 0.6 is 11.6 Å². The number of rotatable bonds is 1. The lowest BCUT2D eigenvalue weighted by Gasteiger charge is -2.36. The van der Waals surface area contributed by atoms with Crippen molar-refractivity contribution in [2.75, 3.05) is 0 Å². The fourth-order valence-electron chi connectivity index (χ4n) is 2.70. The molecular weight excluding hydrogens is 263 g/mol. The Morgan fingerprint density at radius 3 is 2.28 bits per heavy atom. The lowest BCUT2D eigenvalue weighted by molar-refractivity contribution is -0.139. The molecule has 0 atom stereocenters. The third-order valence-electron chi connectivity index (χ3n) is 3.56. The molecule has 100 valence electrons. The zero-order chi connectivity index (χ0) is 13.4. The highest BCUT2D eigenvalue weighted by Gasteiger charge is 2.41. The Hall–Kier alpha value is -0.740. The quantitative estimate of drug-likeness (QED) is 0.805. The minimum absolute atomic E-state index is 0.0684. The molecule has 0 unspecified atom stereocenters. The molecule has 0 bridgehead atoms. The Morgan fingerprint density at radius 1 is 1.11 bits per heavy atom. The maximum Gasteiger partial charge on any atom is 0.416 e. The maximum absolute atomic E-state index is 13.0. The van der Waals surface area contributed by atoms with Gasteiger partial charge in [0.1, 0.15) is 0 Å². The highest BCUT2D eigenvalue weighted by molar-refractivity contribution is 6.31. The molecule has 18 heavy (non-hydrogen) atoms. The lowest BCUT2D eigenvalue weighted by Crippen LogP contribution is -2.40. The van der Waals surface area contributed by atoms with Crippen molar-refractivity contribution in [3.8, 4) is 0 Å². The fourth-order valence-corrected chi connectivity index (χ4v) is 3.06. The van der Waals surface area contributed by atoms with Gasteiger partial charge in [-0.2, -0.15) is 13.2 Å². The normalized spacial score (nSPS) is 19.8. The van der Waals surface area contributed by atoms with E-state index in [4.69, 9.17) is 17.3 Å². The Kier molecular flexibility index (Phi) is 3.60. The topological polar surface area (TPSA) is 26.0 Å². The predicted octanol–water partition coefficient (Wildman–Crippen LogP) is 4.48. The smallest absolute Gasteiger partial charge is 0.321 e. The average Bonchev–Trinajstić information content (AvgIpc) is 2.28. The van der Waals surface area contributed by atoms with Crippen molar-refractivity contribution in [3.05, 3.63) is 34.3 Å². The molecule has 0 saturated heterocycles. The molecule has 2 rings (SSSR count). The first kappa shape index (κ1) is 13.7. The molecule has 0 aromatic heterocycles. The monoisotopic (exact) mass is 277 g/mol. The van der Waals surface area contributed by atoms with Crippen LogP contribution in [0.3, 0.4) is 0 Å². The summed E-state index contributed by atoms with van der Waals surface area (Å²) >= 11 is 5.98. The number of benzene rings is 1. The maximum atomic E-state index is 13.0. The van der Waals surface area contributed by atoms with E-state index in [1.165, 1.54) is 12.1 Å². The van der Waals surface area contributed by atoms with Gasteiger partial charge in [0.05, 0.1) is 5.56 Å². The lowest BCUT2D eigenvalue weighted by atomic mass is 9.75. The molecule has 2 N–H and O–H groups in total. The van der Waals surface area contributed by atoms with Crippen LogP contribution in [-0.4, -0.2) is 0 Å². The summed E-state index contributed by atoms with van der Waals surface area (Å²) < 4.78 is 39.1. The minimum Gasteiger partial charge on any atom is -0.321 e. The van der Waals surface area contributed by atoms with Crippen molar-refractivity contribution in [2.45, 2.75) is 43.8 Å². The number of alkyl halides is 3. The molecule has 1 saturated carbocycles. The molecule has 0 heterocycles. The molecule has 1 aromatic carbocycles. The van der Waals surface area contributed by atoms with E-state index in [0.29, 0.717) is 12.8 Å². The standard InChI is InChI=1S/C13H15ClF3N/c14-10-6-4-5-9(13(15,16)17)11(10)12(18)7-2-1-3-8-12/h4-6H,1-3,7-8,18H2. The van der Waals surface area contributed by atoms with E-state index in [1.807, 2.05) is 0 Å². The zero-order valence-corrected chi connectivity index (χ0v) is 10.6. The van der Waals surface area contributed by atoms with Crippen LogP contribution in [0.1, 0.15) is 43.2 Å². The van der Waals surface area contributed by atoms with E-state index < -0.39 is 17.3 Å². The molecule has 5 heteroatoms. The van der Waals surface area contributed by atoms with Gasteiger partial charge in [0, 0.05) is 16.1 Å². The Balaban J connectivity index is 2.55. The third-order valence-corrected chi connectivity index (χ3v) is 3.88. The van der Waals surface area contributed by atoms with Gasteiger partial charge in [0.15, 0.2) is 0 Å². The van der Waals surface area contributed by atoms with Gasteiger partial charge in [-0.15, -0.1) is 0 Å². The van der Waals surface area contributed by atoms with Crippen LogP contribution in [0.2, 0.25) is 5.02 Å². The highest BCUT2D eigenvalue weighted by Crippen LogP contribution is 2.44. The molecular formula is C13H15ClF3N. The van der Waals surface area contributed by atoms with Gasteiger partial charge in [0.2, 0.25) is 0 Å². The van der Waals surface area contributed by atoms with Gasteiger partial charge in [-0.25, -0.2) is 0 Å². The highest BCUT2D eigenvalue weighted by atomic mass is 35.5. The van der Waals surface area contributed by atoms with Crippen molar-refractivity contribution in [2.24, 2.45) is 5.73 Å². The first-order valence-electron chi connectivity index (χ1n) is 6.00. The molecule has 1 aliphatic carbocycles. The van der Waals surface area contributed by atoms with Gasteiger partial charge in [0.25, 0.3) is 0 Å². The largest absolute Gasteiger partial charge is 0.416 e. The molecule has 1 fully saturated rings. The second kappa shape index (κ2) is 4.74. The Bertz CT molecular complexity index is 436.